The Labute approximate surface area is 166 Å². The van der Waals surface area contributed by atoms with E-state index >= 15 is 0 Å². The van der Waals surface area contributed by atoms with Crippen molar-refractivity contribution in [2.45, 2.75) is 25.7 Å². The molecular formula is C17H29IN4OS. The van der Waals surface area contributed by atoms with Crippen molar-refractivity contribution >= 4 is 47.6 Å². The number of benzene rings is 1. The highest BCUT2D eigenvalue weighted by Crippen LogP contribution is 2.16. The second-order valence-corrected chi connectivity index (χ2v) is 6.93. The zero-order chi connectivity index (χ0) is 17.1. The topological polar surface area (TPSA) is 65.5 Å². The van der Waals surface area contributed by atoms with Gasteiger partial charge >= 0.3 is 0 Å². The Kier molecular flexibility index (Phi) is 11.9. The van der Waals surface area contributed by atoms with Gasteiger partial charge < -0.3 is 16.0 Å². The van der Waals surface area contributed by atoms with Gasteiger partial charge in [-0.05, 0) is 32.9 Å². The van der Waals surface area contributed by atoms with Gasteiger partial charge in [-0.25, -0.2) is 0 Å². The van der Waals surface area contributed by atoms with Crippen LogP contribution in [0.15, 0.2) is 40.2 Å². The minimum Gasteiger partial charge on any atom is -0.356 e. The molecule has 7 heteroatoms. The first-order chi connectivity index (χ1) is 11.0. The van der Waals surface area contributed by atoms with Crippen molar-refractivity contribution in [2.24, 2.45) is 10.4 Å². The number of guanidine groups is 1. The number of aliphatic imine (C=N–C) groups is 1. The van der Waals surface area contributed by atoms with Crippen LogP contribution in [0.1, 0.15) is 20.8 Å². The number of hydrogen-bond donors (Lipinski definition) is 3. The summed E-state index contributed by atoms with van der Waals surface area (Å²) >= 11 is 1.80. The molecule has 0 saturated carbocycles. The molecule has 0 aliphatic carbocycles. The first-order valence-electron chi connectivity index (χ1n) is 7.90. The first kappa shape index (κ1) is 23.0. The van der Waals surface area contributed by atoms with Gasteiger partial charge in [0.15, 0.2) is 5.96 Å². The Morgan fingerprint density at radius 1 is 1.17 bits per heavy atom. The zero-order valence-electron chi connectivity index (χ0n) is 14.9. The van der Waals surface area contributed by atoms with Gasteiger partial charge in [-0.2, -0.15) is 0 Å². The quantitative estimate of drug-likeness (QED) is 0.182. The summed E-state index contributed by atoms with van der Waals surface area (Å²) in [5, 5.41) is 9.34. The molecule has 0 aliphatic rings. The molecule has 1 amide bonds. The Morgan fingerprint density at radius 2 is 1.83 bits per heavy atom. The highest BCUT2D eigenvalue weighted by molar-refractivity contribution is 14.0. The maximum Gasteiger partial charge on any atom is 0.227 e. The number of amides is 1. The lowest BCUT2D eigenvalue weighted by atomic mass is 9.92. The number of carbonyl (C=O) groups excluding carboxylic acids is 1. The number of thioether (sulfide) groups is 1. The van der Waals surface area contributed by atoms with E-state index in [1.807, 2.05) is 39.0 Å². The fourth-order valence-electron chi connectivity index (χ4n) is 1.86. The molecule has 1 rings (SSSR count). The van der Waals surface area contributed by atoms with E-state index in [1.54, 1.807) is 18.8 Å². The summed E-state index contributed by atoms with van der Waals surface area (Å²) in [4.78, 5) is 17.4. The molecule has 3 N–H and O–H groups in total. The lowest BCUT2D eigenvalue weighted by Crippen LogP contribution is -2.48. The number of halogens is 1. The van der Waals surface area contributed by atoms with Crippen LogP contribution in [0, 0.1) is 5.41 Å². The molecule has 24 heavy (non-hydrogen) atoms. The Balaban J connectivity index is 0.00000529. The molecule has 1 aromatic carbocycles. The molecule has 0 aromatic heterocycles. The molecule has 0 atom stereocenters. The standard InChI is InChI=1S/C17H28N4OS.HI/c1-5-19-15(22)17(2,3)13-21-16(18-4)20-11-12-23-14-9-7-6-8-10-14;/h6-10H,5,11-13H2,1-4H3,(H,19,22)(H2,18,20,21);1H. The molecule has 0 heterocycles. The maximum absolute atomic E-state index is 12.0. The molecule has 0 radical (unpaired) electrons. The largest absolute Gasteiger partial charge is 0.356 e. The van der Waals surface area contributed by atoms with Crippen LogP contribution < -0.4 is 16.0 Å². The van der Waals surface area contributed by atoms with Crippen molar-refractivity contribution < 1.29 is 4.79 Å². The van der Waals surface area contributed by atoms with Gasteiger partial charge in [-0.3, -0.25) is 9.79 Å². The lowest BCUT2D eigenvalue weighted by molar-refractivity contribution is -0.128. The Bertz CT molecular complexity index is 509. The van der Waals surface area contributed by atoms with Crippen molar-refractivity contribution in [1.29, 1.82) is 0 Å². The smallest absolute Gasteiger partial charge is 0.227 e. The van der Waals surface area contributed by atoms with Gasteiger partial charge in [0.05, 0.1) is 5.41 Å². The summed E-state index contributed by atoms with van der Waals surface area (Å²) < 4.78 is 0. The van der Waals surface area contributed by atoms with E-state index in [4.69, 9.17) is 0 Å². The lowest BCUT2D eigenvalue weighted by Gasteiger charge is -2.24. The summed E-state index contributed by atoms with van der Waals surface area (Å²) in [7, 11) is 1.73. The van der Waals surface area contributed by atoms with Gasteiger partial charge in [-0.15, -0.1) is 35.7 Å². The van der Waals surface area contributed by atoms with E-state index in [-0.39, 0.29) is 29.9 Å². The van der Waals surface area contributed by atoms with Gasteiger partial charge in [0.25, 0.3) is 0 Å². The molecule has 5 nitrogen and oxygen atoms in total. The Morgan fingerprint density at radius 3 is 2.42 bits per heavy atom. The number of rotatable bonds is 8. The SMILES string of the molecule is CCNC(=O)C(C)(C)CNC(=NC)NCCSc1ccccc1.I. The van der Waals surface area contributed by atoms with Crippen LogP contribution in [-0.2, 0) is 4.79 Å². The van der Waals surface area contributed by atoms with Crippen LogP contribution in [0.5, 0.6) is 0 Å². The number of nitrogens with zero attached hydrogens (tertiary/aromatic N) is 1. The average Bonchev–Trinajstić information content (AvgIpc) is 2.55. The molecule has 0 spiro atoms. The van der Waals surface area contributed by atoms with E-state index in [0.29, 0.717) is 13.1 Å². The van der Waals surface area contributed by atoms with Crippen LogP contribution in [0.3, 0.4) is 0 Å². The fourth-order valence-corrected chi connectivity index (χ4v) is 2.65. The summed E-state index contributed by atoms with van der Waals surface area (Å²) in [6.45, 7) is 7.75. The van der Waals surface area contributed by atoms with Gasteiger partial charge in [0.1, 0.15) is 0 Å². The molecule has 1 aromatic rings. The van der Waals surface area contributed by atoms with E-state index in [0.717, 1.165) is 18.3 Å². The minimum atomic E-state index is -0.480. The molecule has 0 unspecified atom stereocenters. The molecule has 0 aliphatic heterocycles. The van der Waals surface area contributed by atoms with Crippen LogP contribution in [0.4, 0.5) is 0 Å². The average molecular weight is 464 g/mol. The molecule has 136 valence electrons. The fraction of sp³-hybridized carbons (Fsp3) is 0.529. The predicted molar refractivity (Wildman–Crippen MR) is 114 cm³/mol. The number of nitrogens with one attached hydrogen (secondary N) is 3. The van der Waals surface area contributed by atoms with E-state index in [1.165, 1.54) is 4.90 Å². The minimum absolute atomic E-state index is 0. The number of hydrogen-bond acceptors (Lipinski definition) is 3. The third kappa shape index (κ3) is 8.77. The van der Waals surface area contributed by atoms with Crippen LogP contribution in [-0.4, -0.2) is 44.3 Å². The molecule has 0 bridgehead atoms. The van der Waals surface area contributed by atoms with Gasteiger partial charge in [0, 0.05) is 37.3 Å². The predicted octanol–water partition coefficient (Wildman–Crippen LogP) is 2.72. The highest BCUT2D eigenvalue weighted by Gasteiger charge is 2.27. The van der Waals surface area contributed by atoms with E-state index < -0.39 is 5.41 Å². The third-order valence-electron chi connectivity index (χ3n) is 3.28. The third-order valence-corrected chi connectivity index (χ3v) is 4.29. The van der Waals surface area contributed by atoms with Crippen molar-refractivity contribution in [3.05, 3.63) is 30.3 Å². The van der Waals surface area contributed by atoms with Crippen LogP contribution in [0.2, 0.25) is 0 Å². The van der Waals surface area contributed by atoms with E-state index in [9.17, 15) is 4.79 Å². The molecular weight excluding hydrogens is 435 g/mol. The monoisotopic (exact) mass is 464 g/mol. The summed E-state index contributed by atoms with van der Waals surface area (Å²) in [6.07, 6.45) is 0. The summed E-state index contributed by atoms with van der Waals surface area (Å²) in [5.41, 5.74) is -0.480. The first-order valence-corrected chi connectivity index (χ1v) is 8.89. The maximum atomic E-state index is 12.0. The molecule has 0 saturated heterocycles. The Hall–Kier alpha value is -0.960. The number of carbonyl (C=O) groups is 1. The van der Waals surface area contributed by atoms with Crippen molar-refractivity contribution in [3.63, 3.8) is 0 Å². The second kappa shape index (κ2) is 12.4. The normalized spacial score (nSPS) is 11.4. The van der Waals surface area contributed by atoms with Gasteiger partial charge in [-0.1, -0.05) is 18.2 Å². The van der Waals surface area contributed by atoms with E-state index in [2.05, 4.69) is 33.1 Å². The highest BCUT2D eigenvalue weighted by atomic mass is 127. The van der Waals surface area contributed by atoms with Gasteiger partial charge in [0.2, 0.25) is 5.91 Å². The molecule has 0 fully saturated rings. The van der Waals surface area contributed by atoms with Crippen molar-refractivity contribution in [1.82, 2.24) is 16.0 Å². The summed E-state index contributed by atoms with van der Waals surface area (Å²) in [5.74, 6) is 1.71. The van der Waals surface area contributed by atoms with Crippen LogP contribution >= 0.6 is 35.7 Å². The van der Waals surface area contributed by atoms with Crippen molar-refractivity contribution in [2.75, 3.05) is 32.4 Å². The van der Waals surface area contributed by atoms with Crippen LogP contribution in [0.25, 0.3) is 0 Å². The van der Waals surface area contributed by atoms with Crippen molar-refractivity contribution in [3.8, 4) is 0 Å². The second-order valence-electron chi connectivity index (χ2n) is 5.76. The summed E-state index contributed by atoms with van der Waals surface area (Å²) in [6, 6.07) is 10.3. The zero-order valence-corrected chi connectivity index (χ0v) is 18.0.